The van der Waals surface area contributed by atoms with Gasteiger partial charge in [-0.15, -0.1) is 0 Å². The van der Waals surface area contributed by atoms with Crippen LogP contribution < -0.4 is 0 Å². The van der Waals surface area contributed by atoms with Crippen molar-refractivity contribution in [2.75, 3.05) is 19.7 Å². The van der Waals surface area contributed by atoms with E-state index in [0.29, 0.717) is 50.6 Å². The molecular weight excluding hydrogens is 510 g/mol. The molecule has 6 unspecified atom stereocenters. The largest absolute Gasteiger partial charge is 0.481 e. The van der Waals surface area contributed by atoms with Gasteiger partial charge in [0.05, 0.1) is 17.9 Å². The van der Waals surface area contributed by atoms with Crippen LogP contribution in [0.4, 0.5) is 4.79 Å². The number of amides is 1. The number of carbonyl (C=O) groups is 4. The Labute approximate surface area is 238 Å². The fourth-order valence-electron chi connectivity index (χ4n) is 9.91. The number of aldehydes is 1. The van der Waals surface area contributed by atoms with Crippen LogP contribution >= 0.6 is 0 Å². The summed E-state index contributed by atoms with van der Waals surface area (Å²) in [5.41, 5.74) is -2.43. The van der Waals surface area contributed by atoms with Crippen LogP contribution in [0.1, 0.15) is 86.5 Å². The van der Waals surface area contributed by atoms with Crippen LogP contribution in [-0.2, 0) is 23.9 Å². The van der Waals surface area contributed by atoms with Crippen molar-refractivity contribution in [1.29, 1.82) is 0 Å². The highest BCUT2D eigenvalue weighted by Crippen LogP contribution is 2.83. The average Bonchev–Trinajstić information content (AvgIpc) is 3.45. The monoisotopic (exact) mass is 557 g/mol. The standard InChI is InChI=1S/C32H47NO7/c1-19(2)25-15-22-16-31(18-34)24-8-7-20(3)23(24)17-30(22,32(25,31)27(36)37)11-14-39-26(35)21-9-12-33(13-10-21)28(38)40-29(4,5)6/h15,18-24H,7-14,16-17H2,1-6H3,(H,36,37)/t20-,22?,23?,24?,30?,31?,32?/m1/s1. The molecule has 0 spiro atoms. The number of rotatable bonds is 7. The van der Waals surface area contributed by atoms with Crippen LogP contribution in [0.3, 0.4) is 0 Å². The van der Waals surface area contributed by atoms with E-state index >= 15 is 0 Å². The van der Waals surface area contributed by atoms with Crippen molar-refractivity contribution in [3.63, 3.8) is 0 Å². The van der Waals surface area contributed by atoms with Gasteiger partial charge in [0.2, 0.25) is 0 Å². The summed E-state index contributed by atoms with van der Waals surface area (Å²) in [6.45, 7) is 12.8. The molecule has 5 rings (SSSR count). The minimum Gasteiger partial charge on any atom is -0.481 e. The average molecular weight is 558 g/mol. The first-order valence-electron chi connectivity index (χ1n) is 15.3. The van der Waals surface area contributed by atoms with Crippen molar-refractivity contribution >= 4 is 24.3 Å². The summed E-state index contributed by atoms with van der Waals surface area (Å²) in [6.07, 6.45) is 7.62. The molecule has 0 aromatic heterocycles. The summed E-state index contributed by atoms with van der Waals surface area (Å²) in [5.74, 6) is -0.575. The zero-order valence-electron chi connectivity index (χ0n) is 25.0. The van der Waals surface area contributed by atoms with E-state index in [-0.39, 0.29) is 42.3 Å². The Hall–Kier alpha value is -2.38. The van der Waals surface area contributed by atoms with Gasteiger partial charge < -0.3 is 24.3 Å². The maximum atomic E-state index is 13.5. The predicted octanol–water partition coefficient (Wildman–Crippen LogP) is 5.49. The van der Waals surface area contributed by atoms with Crippen molar-refractivity contribution in [2.24, 2.45) is 51.8 Å². The third-order valence-corrected chi connectivity index (χ3v) is 11.4. The number of carboxylic acids is 1. The Bertz CT molecular complexity index is 1100. The van der Waals surface area contributed by atoms with E-state index in [1.165, 1.54) is 0 Å². The lowest BCUT2D eigenvalue weighted by Gasteiger charge is -2.58. The molecule has 8 heteroatoms. The van der Waals surface area contributed by atoms with Gasteiger partial charge in [-0.25, -0.2) is 4.79 Å². The Balaban J connectivity index is 1.32. The maximum absolute atomic E-state index is 13.5. The minimum absolute atomic E-state index is 0.000213. The van der Waals surface area contributed by atoms with Gasteiger partial charge in [0.1, 0.15) is 17.3 Å². The molecule has 0 aromatic carbocycles. The van der Waals surface area contributed by atoms with Crippen LogP contribution in [0.5, 0.6) is 0 Å². The highest BCUT2D eigenvalue weighted by molar-refractivity contribution is 5.90. The lowest BCUT2D eigenvalue weighted by Crippen LogP contribution is -2.62. The molecule has 3 saturated carbocycles. The summed E-state index contributed by atoms with van der Waals surface area (Å²) in [5, 5.41) is 11.1. The van der Waals surface area contributed by atoms with E-state index in [0.717, 1.165) is 31.1 Å². The first-order chi connectivity index (χ1) is 18.7. The summed E-state index contributed by atoms with van der Waals surface area (Å²) in [7, 11) is 0. The molecule has 5 aliphatic rings. The third-order valence-electron chi connectivity index (χ3n) is 11.4. The van der Waals surface area contributed by atoms with Gasteiger partial charge in [0, 0.05) is 18.5 Å². The number of piperidine rings is 1. The summed E-state index contributed by atoms with van der Waals surface area (Å²) in [6, 6.07) is 0. The molecule has 4 aliphatic carbocycles. The van der Waals surface area contributed by atoms with Gasteiger partial charge >= 0.3 is 18.0 Å². The molecule has 0 radical (unpaired) electrons. The fraction of sp³-hybridized carbons (Fsp3) is 0.812. The van der Waals surface area contributed by atoms with E-state index in [1.807, 2.05) is 34.6 Å². The first-order valence-corrected chi connectivity index (χ1v) is 15.3. The van der Waals surface area contributed by atoms with Gasteiger partial charge in [-0.3, -0.25) is 9.59 Å². The summed E-state index contributed by atoms with van der Waals surface area (Å²) < 4.78 is 11.3. The number of hydrogen-bond donors (Lipinski definition) is 1. The highest BCUT2D eigenvalue weighted by atomic mass is 16.6. The summed E-state index contributed by atoms with van der Waals surface area (Å²) in [4.78, 5) is 53.8. The molecular formula is C32H47NO7. The minimum atomic E-state index is -1.24. The molecule has 4 bridgehead atoms. The summed E-state index contributed by atoms with van der Waals surface area (Å²) >= 11 is 0. The zero-order chi connectivity index (χ0) is 29.3. The van der Waals surface area contributed by atoms with E-state index in [1.54, 1.807) is 4.90 Å². The number of likely N-dealkylation sites (tertiary alicyclic amines) is 1. The molecule has 1 heterocycles. The smallest absolute Gasteiger partial charge is 0.410 e. The van der Waals surface area contributed by atoms with Crippen LogP contribution in [0, 0.1) is 51.8 Å². The molecule has 1 amide bonds. The Kier molecular flexibility index (Phi) is 7.18. The second-order valence-electron chi connectivity index (χ2n) is 14.6. The Morgan fingerprint density at radius 1 is 1.12 bits per heavy atom. The number of allylic oxidation sites excluding steroid dienone is 1. The van der Waals surface area contributed by atoms with E-state index in [4.69, 9.17) is 9.47 Å². The van der Waals surface area contributed by atoms with Crippen LogP contribution in [0.2, 0.25) is 0 Å². The topological polar surface area (TPSA) is 110 Å². The van der Waals surface area contributed by atoms with Crippen molar-refractivity contribution in [3.8, 4) is 0 Å². The lowest BCUT2D eigenvalue weighted by molar-refractivity contribution is -0.182. The molecule has 1 N–H and O–H groups in total. The number of fused-ring (bicyclic) bond motifs is 2. The van der Waals surface area contributed by atoms with Crippen LogP contribution in [0.25, 0.3) is 0 Å². The molecule has 1 saturated heterocycles. The van der Waals surface area contributed by atoms with E-state index in [9.17, 15) is 24.3 Å². The van der Waals surface area contributed by atoms with Gasteiger partial charge in [0.25, 0.3) is 0 Å². The fourth-order valence-corrected chi connectivity index (χ4v) is 9.91. The van der Waals surface area contributed by atoms with Crippen LogP contribution in [0.15, 0.2) is 11.6 Å². The Morgan fingerprint density at radius 2 is 1.80 bits per heavy atom. The van der Waals surface area contributed by atoms with E-state index < -0.39 is 27.8 Å². The van der Waals surface area contributed by atoms with Crippen molar-refractivity contribution in [3.05, 3.63) is 11.6 Å². The molecule has 0 aromatic rings. The van der Waals surface area contributed by atoms with E-state index in [2.05, 4.69) is 13.0 Å². The second kappa shape index (κ2) is 9.87. The van der Waals surface area contributed by atoms with Gasteiger partial charge in [0.15, 0.2) is 0 Å². The molecule has 40 heavy (non-hydrogen) atoms. The molecule has 4 fully saturated rings. The number of nitrogens with zero attached hydrogens (tertiary/aromatic N) is 1. The van der Waals surface area contributed by atoms with Crippen LogP contribution in [-0.4, -0.2) is 59.6 Å². The molecule has 222 valence electrons. The van der Waals surface area contributed by atoms with Gasteiger partial charge in [-0.2, -0.15) is 0 Å². The first kappa shape index (κ1) is 29.1. The quantitative estimate of drug-likeness (QED) is 0.250. The number of hydrogen-bond acceptors (Lipinski definition) is 6. The maximum Gasteiger partial charge on any atom is 0.410 e. The van der Waals surface area contributed by atoms with Crippen molar-refractivity contribution in [2.45, 2.75) is 92.1 Å². The zero-order valence-corrected chi connectivity index (χ0v) is 25.0. The number of carboxylic acid groups (broad SMARTS) is 1. The third kappa shape index (κ3) is 3.98. The highest BCUT2D eigenvalue weighted by Gasteiger charge is 2.83. The Morgan fingerprint density at radius 3 is 2.38 bits per heavy atom. The number of esters is 1. The number of aliphatic carboxylic acids is 1. The van der Waals surface area contributed by atoms with Gasteiger partial charge in [-0.1, -0.05) is 38.8 Å². The molecule has 7 atom stereocenters. The SMILES string of the molecule is CC(C)C1=CC2CC3(C=O)C4CC[C@@H](C)C4CC2(CCOC(=O)C2CCN(C(=O)OC(C)(C)C)CC2)C13C(=O)O. The second-order valence-corrected chi connectivity index (χ2v) is 14.6. The normalized spacial score (nSPS) is 38.7. The molecule has 8 nitrogen and oxygen atoms in total. The molecule has 1 aliphatic heterocycles. The number of carbonyl (C=O) groups excluding carboxylic acids is 3. The predicted molar refractivity (Wildman–Crippen MR) is 148 cm³/mol. The van der Waals surface area contributed by atoms with Crippen molar-refractivity contribution < 1.29 is 33.8 Å². The lowest BCUT2D eigenvalue weighted by atomic mass is 9.42. The number of ether oxygens (including phenoxy) is 2. The van der Waals surface area contributed by atoms with Gasteiger partial charge in [-0.05, 0) is 88.9 Å². The van der Waals surface area contributed by atoms with Crippen molar-refractivity contribution in [1.82, 2.24) is 4.90 Å².